The van der Waals surface area contributed by atoms with Gasteiger partial charge in [0.2, 0.25) is 21.8 Å². The first kappa shape index (κ1) is 22.2. The van der Waals surface area contributed by atoms with Crippen LogP contribution in [0.5, 0.6) is 0 Å². The summed E-state index contributed by atoms with van der Waals surface area (Å²) >= 11 is 0. The van der Waals surface area contributed by atoms with Crippen LogP contribution in [0.15, 0.2) is 29.2 Å². The number of carbonyl (C=O) groups is 2. The average Bonchev–Trinajstić information content (AvgIpc) is 2.99. The van der Waals surface area contributed by atoms with E-state index >= 15 is 0 Å². The van der Waals surface area contributed by atoms with E-state index in [1.54, 1.807) is 0 Å². The number of imide groups is 1. The molecule has 0 bridgehead atoms. The van der Waals surface area contributed by atoms with Crippen LogP contribution < -0.4 is 0 Å². The minimum Gasteiger partial charge on any atom is -0.283 e. The molecule has 1 aromatic rings. The summed E-state index contributed by atoms with van der Waals surface area (Å²) in [6.45, 7) is 0.834. The van der Waals surface area contributed by atoms with Gasteiger partial charge in [0, 0.05) is 26.2 Å². The molecule has 11 heteroatoms. The van der Waals surface area contributed by atoms with Gasteiger partial charge >= 0.3 is 6.18 Å². The summed E-state index contributed by atoms with van der Waals surface area (Å²) in [6, 6.07) is 3.71. The van der Waals surface area contributed by atoms with Gasteiger partial charge in [0.1, 0.15) is 0 Å². The molecule has 3 aliphatic rings. The maximum Gasteiger partial charge on any atom is 0.416 e. The Kier molecular flexibility index (Phi) is 5.86. The average molecular weight is 459 g/mol. The number of alkyl halides is 3. The molecule has 0 spiro atoms. The monoisotopic (exact) mass is 459 g/mol. The molecule has 4 rings (SSSR count). The van der Waals surface area contributed by atoms with E-state index in [-0.39, 0.29) is 56.5 Å². The number of halogens is 3. The Morgan fingerprint density at radius 2 is 1.52 bits per heavy atom. The van der Waals surface area contributed by atoms with Crippen LogP contribution in [-0.4, -0.2) is 67.2 Å². The molecule has 2 amide bonds. The predicted octanol–water partition coefficient (Wildman–Crippen LogP) is 2.14. The molecular weight excluding hydrogens is 435 g/mol. The fourth-order valence-electron chi connectivity index (χ4n) is 4.66. The number of benzene rings is 1. The smallest absolute Gasteiger partial charge is 0.283 e. The SMILES string of the molecule is O=C1[C@H]2CCCC[C@H]2C(=O)N1CN1CCN(S(=O)(=O)c2cccc(C(F)(F)F)c2)CC1. The summed E-state index contributed by atoms with van der Waals surface area (Å²) in [5.74, 6) is -0.755. The second-order valence-corrected chi connectivity index (χ2v) is 10.2. The molecule has 3 fully saturated rings. The van der Waals surface area contributed by atoms with Crippen molar-refractivity contribution < 1.29 is 31.2 Å². The zero-order valence-corrected chi connectivity index (χ0v) is 17.7. The van der Waals surface area contributed by atoms with Gasteiger partial charge < -0.3 is 0 Å². The molecule has 170 valence electrons. The zero-order valence-electron chi connectivity index (χ0n) is 16.8. The van der Waals surface area contributed by atoms with Gasteiger partial charge in [0.25, 0.3) is 0 Å². The van der Waals surface area contributed by atoms with Crippen molar-refractivity contribution in [2.75, 3.05) is 32.8 Å². The minimum atomic E-state index is -4.63. The van der Waals surface area contributed by atoms with Gasteiger partial charge in [-0.25, -0.2) is 8.42 Å². The molecule has 1 aromatic carbocycles. The molecular formula is C20H24F3N3O4S. The number of hydrogen-bond donors (Lipinski definition) is 0. The third kappa shape index (κ3) is 4.22. The van der Waals surface area contributed by atoms with Crippen LogP contribution in [0.2, 0.25) is 0 Å². The largest absolute Gasteiger partial charge is 0.416 e. The number of piperazine rings is 1. The van der Waals surface area contributed by atoms with Crippen LogP contribution in [0.4, 0.5) is 13.2 Å². The standard InChI is InChI=1S/C20H24F3N3O4S/c21-20(22,23)14-4-3-5-15(12-14)31(29,30)25-10-8-24(9-11-25)13-26-18(27)16-6-1-2-7-17(16)19(26)28/h3-5,12,16-17H,1-2,6-11,13H2/t16-,17+. The number of rotatable bonds is 4. The van der Waals surface area contributed by atoms with Crippen LogP contribution in [0, 0.1) is 11.8 Å². The fraction of sp³-hybridized carbons (Fsp3) is 0.600. The molecule has 0 N–H and O–H groups in total. The molecule has 2 heterocycles. The summed E-state index contributed by atoms with van der Waals surface area (Å²) in [5, 5.41) is 0. The molecule has 31 heavy (non-hydrogen) atoms. The molecule has 2 atom stereocenters. The van der Waals surface area contributed by atoms with E-state index in [1.807, 2.05) is 4.90 Å². The first-order valence-corrected chi connectivity index (χ1v) is 11.8. The van der Waals surface area contributed by atoms with Crippen molar-refractivity contribution in [1.82, 2.24) is 14.1 Å². The first-order chi connectivity index (χ1) is 14.6. The Labute approximate surface area is 178 Å². The Morgan fingerprint density at radius 1 is 0.935 bits per heavy atom. The van der Waals surface area contributed by atoms with E-state index < -0.39 is 26.7 Å². The topological polar surface area (TPSA) is 78.0 Å². The number of sulfonamides is 1. The lowest BCUT2D eigenvalue weighted by atomic mass is 9.81. The Balaban J connectivity index is 1.40. The first-order valence-electron chi connectivity index (χ1n) is 10.3. The second-order valence-electron chi connectivity index (χ2n) is 8.29. The van der Waals surface area contributed by atoms with Gasteiger partial charge in [0.05, 0.1) is 29.0 Å². The molecule has 2 saturated heterocycles. The minimum absolute atomic E-state index is 0.0711. The Morgan fingerprint density at radius 3 is 2.06 bits per heavy atom. The van der Waals surface area contributed by atoms with E-state index in [9.17, 15) is 31.2 Å². The summed E-state index contributed by atoms with van der Waals surface area (Å²) in [4.78, 5) is 28.0. The van der Waals surface area contributed by atoms with Gasteiger partial charge in [-0.3, -0.25) is 19.4 Å². The zero-order chi connectivity index (χ0) is 22.4. The van der Waals surface area contributed by atoms with Crippen LogP contribution in [0.3, 0.4) is 0 Å². The summed E-state index contributed by atoms with van der Waals surface area (Å²) in [6.07, 6.45) is -1.28. The summed E-state index contributed by atoms with van der Waals surface area (Å²) in [5.41, 5.74) is -1.01. The molecule has 1 saturated carbocycles. The maximum absolute atomic E-state index is 12.9. The Hall–Kier alpha value is -1.98. The molecule has 1 aliphatic carbocycles. The molecule has 2 aliphatic heterocycles. The van der Waals surface area contributed by atoms with Gasteiger partial charge in [0.15, 0.2) is 0 Å². The number of hydrogen-bond acceptors (Lipinski definition) is 5. The lowest BCUT2D eigenvalue weighted by molar-refractivity contribution is -0.143. The number of amides is 2. The van der Waals surface area contributed by atoms with Crippen LogP contribution >= 0.6 is 0 Å². The van der Waals surface area contributed by atoms with Crippen molar-refractivity contribution in [3.05, 3.63) is 29.8 Å². The molecule has 0 aromatic heterocycles. The van der Waals surface area contributed by atoms with Gasteiger partial charge in [-0.15, -0.1) is 0 Å². The highest BCUT2D eigenvalue weighted by Gasteiger charge is 2.48. The quantitative estimate of drug-likeness (QED) is 0.645. The van der Waals surface area contributed by atoms with Crippen molar-refractivity contribution in [3.8, 4) is 0 Å². The van der Waals surface area contributed by atoms with Crippen molar-refractivity contribution in [2.45, 2.75) is 36.8 Å². The number of carbonyl (C=O) groups excluding carboxylic acids is 2. The van der Waals surface area contributed by atoms with E-state index in [1.165, 1.54) is 4.90 Å². The van der Waals surface area contributed by atoms with Crippen molar-refractivity contribution in [1.29, 1.82) is 0 Å². The number of likely N-dealkylation sites (tertiary alicyclic amines) is 1. The van der Waals surface area contributed by atoms with Crippen molar-refractivity contribution >= 4 is 21.8 Å². The highest BCUT2D eigenvalue weighted by molar-refractivity contribution is 7.89. The third-order valence-electron chi connectivity index (χ3n) is 6.40. The van der Waals surface area contributed by atoms with Crippen LogP contribution in [-0.2, 0) is 25.8 Å². The van der Waals surface area contributed by atoms with Gasteiger partial charge in [-0.1, -0.05) is 18.9 Å². The van der Waals surface area contributed by atoms with Crippen molar-refractivity contribution in [2.24, 2.45) is 11.8 Å². The highest BCUT2D eigenvalue weighted by atomic mass is 32.2. The molecule has 0 radical (unpaired) electrons. The van der Waals surface area contributed by atoms with E-state index in [0.29, 0.717) is 6.07 Å². The maximum atomic E-state index is 12.9. The lowest BCUT2D eigenvalue weighted by Crippen LogP contribution is -2.52. The molecule has 7 nitrogen and oxygen atoms in total. The summed E-state index contributed by atoms with van der Waals surface area (Å²) in [7, 11) is -4.08. The Bertz CT molecular complexity index is 950. The van der Waals surface area contributed by atoms with Crippen molar-refractivity contribution in [3.63, 3.8) is 0 Å². The molecule has 0 unspecified atom stereocenters. The van der Waals surface area contributed by atoms with E-state index in [2.05, 4.69) is 0 Å². The fourth-order valence-corrected chi connectivity index (χ4v) is 6.13. The lowest BCUT2D eigenvalue weighted by Gasteiger charge is -2.35. The predicted molar refractivity (Wildman–Crippen MR) is 104 cm³/mol. The normalized spacial score (nSPS) is 26.4. The van der Waals surface area contributed by atoms with Crippen LogP contribution in [0.1, 0.15) is 31.2 Å². The second kappa shape index (κ2) is 8.18. The van der Waals surface area contributed by atoms with E-state index in [4.69, 9.17) is 0 Å². The third-order valence-corrected chi connectivity index (χ3v) is 8.30. The highest BCUT2D eigenvalue weighted by Crippen LogP contribution is 2.38. The van der Waals surface area contributed by atoms with Gasteiger partial charge in [-0.2, -0.15) is 17.5 Å². The number of fused-ring (bicyclic) bond motifs is 1. The summed E-state index contributed by atoms with van der Waals surface area (Å²) < 4.78 is 65.6. The van der Waals surface area contributed by atoms with E-state index in [0.717, 1.165) is 48.2 Å². The number of nitrogens with zero attached hydrogens (tertiary/aromatic N) is 3. The van der Waals surface area contributed by atoms with Crippen LogP contribution in [0.25, 0.3) is 0 Å². The van der Waals surface area contributed by atoms with Gasteiger partial charge in [-0.05, 0) is 31.0 Å².